The average Bonchev–Trinajstić information content (AvgIpc) is 2.74. The van der Waals surface area contributed by atoms with Gasteiger partial charge >= 0.3 is 0 Å². The Hall–Kier alpha value is -2.04. The van der Waals surface area contributed by atoms with Crippen molar-refractivity contribution < 1.29 is 9.53 Å². The molecule has 1 aliphatic rings. The van der Waals surface area contributed by atoms with Crippen molar-refractivity contribution in [2.24, 2.45) is 5.92 Å². The normalized spacial score (nSPS) is 15.4. The van der Waals surface area contributed by atoms with Crippen LogP contribution < -0.4 is 4.74 Å². The van der Waals surface area contributed by atoms with Crippen LogP contribution in [0.1, 0.15) is 42.6 Å². The maximum atomic E-state index is 12.8. The van der Waals surface area contributed by atoms with Crippen molar-refractivity contribution in [2.75, 3.05) is 33.2 Å². The zero-order valence-corrected chi connectivity index (χ0v) is 19.1. The highest BCUT2D eigenvalue weighted by Crippen LogP contribution is 2.20. The first-order chi connectivity index (χ1) is 14.4. The highest BCUT2D eigenvalue weighted by Gasteiger charge is 2.22. The molecule has 1 aliphatic heterocycles. The molecule has 0 N–H and O–H groups in total. The summed E-state index contributed by atoms with van der Waals surface area (Å²) >= 11 is 5.96. The number of halogens is 1. The first-order valence-electron chi connectivity index (χ1n) is 10.9. The maximum Gasteiger partial charge on any atom is 0.253 e. The fourth-order valence-corrected chi connectivity index (χ4v) is 4.10. The van der Waals surface area contributed by atoms with Crippen LogP contribution in [-0.2, 0) is 6.42 Å². The van der Waals surface area contributed by atoms with Gasteiger partial charge in [0, 0.05) is 30.7 Å². The second-order valence-corrected chi connectivity index (χ2v) is 8.97. The van der Waals surface area contributed by atoms with Gasteiger partial charge in [-0.15, -0.1) is 0 Å². The van der Waals surface area contributed by atoms with Crippen LogP contribution >= 0.6 is 11.6 Å². The van der Waals surface area contributed by atoms with Gasteiger partial charge in [0.15, 0.2) is 0 Å². The SMILES string of the molecule is CC(C)Oc1ccc(C(=O)N(C)CC2CCN(CCc3ccc(Cl)cc3)CC2)cc1. The Bertz CT molecular complexity index is 797. The van der Waals surface area contributed by atoms with E-state index in [0.717, 1.165) is 56.2 Å². The van der Waals surface area contributed by atoms with Gasteiger partial charge in [0.05, 0.1) is 6.10 Å². The minimum Gasteiger partial charge on any atom is -0.491 e. The van der Waals surface area contributed by atoms with Crippen molar-refractivity contribution in [2.45, 2.75) is 39.2 Å². The molecule has 0 bridgehead atoms. The number of likely N-dealkylation sites (tertiary alicyclic amines) is 1. The van der Waals surface area contributed by atoms with Gasteiger partial charge < -0.3 is 14.5 Å². The number of carbonyl (C=O) groups is 1. The largest absolute Gasteiger partial charge is 0.491 e. The number of benzene rings is 2. The Labute approximate surface area is 185 Å². The quantitative estimate of drug-likeness (QED) is 0.582. The predicted molar refractivity (Wildman–Crippen MR) is 123 cm³/mol. The Balaban J connectivity index is 1.41. The van der Waals surface area contributed by atoms with Gasteiger partial charge in [0.1, 0.15) is 5.75 Å². The highest BCUT2D eigenvalue weighted by atomic mass is 35.5. The second-order valence-electron chi connectivity index (χ2n) is 8.54. The molecule has 2 aromatic carbocycles. The van der Waals surface area contributed by atoms with E-state index >= 15 is 0 Å². The lowest BCUT2D eigenvalue weighted by Crippen LogP contribution is -2.40. The monoisotopic (exact) mass is 428 g/mol. The molecule has 1 heterocycles. The highest BCUT2D eigenvalue weighted by molar-refractivity contribution is 6.30. The number of amides is 1. The van der Waals surface area contributed by atoms with Crippen molar-refractivity contribution in [3.05, 3.63) is 64.7 Å². The maximum absolute atomic E-state index is 12.8. The van der Waals surface area contributed by atoms with Gasteiger partial charge in [-0.1, -0.05) is 23.7 Å². The van der Waals surface area contributed by atoms with Crippen LogP contribution in [-0.4, -0.2) is 55.0 Å². The van der Waals surface area contributed by atoms with Crippen molar-refractivity contribution in [3.63, 3.8) is 0 Å². The number of ether oxygens (including phenoxy) is 1. The lowest BCUT2D eigenvalue weighted by molar-refractivity contribution is 0.0740. The third kappa shape index (κ3) is 6.75. The minimum absolute atomic E-state index is 0.0799. The van der Waals surface area contributed by atoms with Crippen molar-refractivity contribution in [1.29, 1.82) is 0 Å². The lowest BCUT2D eigenvalue weighted by atomic mass is 9.95. The fraction of sp³-hybridized carbons (Fsp3) is 0.480. The predicted octanol–water partition coefficient (Wildman–Crippen LogP) is 5.15. The van der Waals surface area contributed by atoms with E-state index in [4.69, 9.17) is 16.3 Å². The second kappa shape index (κ2) is 10.8. The van der Waals surface area contributed by atoms with E-state index in [1.807, 2.05) is 62.2 Å². The molecule has 1 amide bonds. The molecule has 0 saturated carbocycles. The van der Waals surface area contributed by atoms with Crippen molar-refractivity contribution >= 4 is 17.5 Å². The number of hydrogen-bond donors (Lipinski definition) is 0. The molecule has 4 nitrogen and oxygen atoms in total. The van der Waals surface area contributed by atoms with Crippen molar-refractivity contribution in [1.82, 2.24) is 9.80 Å². The molecule has 0 aliphatic carbocycles. The molecule has 0 radical (unpaired) electrons. The summed E-state index contributed by atoms with van der Waals surface area (Å²) in [4.78, 5) is 17.2. The molecule has 0 aromatic heterocycles. The van der Waals surface area contributed by atoms with E-state index in [1.54, 1.807) is 0 Å². The zero-order chi connectivity index (χ0) is 21.5. The van der Waals surface area contributed by atoms with Gasteiger partial charge in [-0.3, -0.25) is 4.79 Å². The van der Waals surface area contributed by atoms with E-state index < -0.39 is 0 Å². The molecule has 2 aromatic rings. The molecule has 1 saturated heterocycles. The first kappa shape index (κ1) is 22.6. The van der Waals surface area contributed by atoms with Gasteiger partial charge in [-0.05, 0) is 94.1 Å². The summed E-state index contributed by atoms with van der Waals surface area (Å²) < 4.78 is 5.66. The van der Waals surface area contributed by atoms with E-state index in [1.165, 1.54) is 5.56 Å². The fourth-order valence-electron chi connectivity index (χ4n) is 3.97. The number of nitrogens with zero attached hydrogens (tertiary/aromatic N) is 2. The molecule has 0 unspecified atom stereocenters. The Morgan fingerprint density at radius 1 is 1.10 bits per heavy atom. The summed E-state index contributed by atoms with van der Waals surface area (Å²) in [6, 6.07) is 15.6. The van der Waals surface area contributed by atoms with E-state index in [0.29, 0.717) is 11.5 Å². The van der Waals surface area contributed by atoms with Crippen LogP contribution in [0.4, 0.5) is 0 Å². The number of rotatable bonds is 8. The van der Waals surface area contributed by atoms with Crippen molar-refractivity contribution in [3.8, 4) is 5.75 Å². The summed E-state index contributed by atoms with van der Waals surface area (Å²) in [5.41, 5.74) is 2.05. The first-order valence-corrected chi connectivity index (χ1v) is 11.3. The van der Waals surface area contributed by atoms with Crippen LogP contribution in [0.15, 0.2) is 48.5 Å². The summed E-state index contributed by atoms with van der Waals surface area (Å²) in [7, 11) is 1.91. The summed E-state index contributed by atoms with van der Waals surface area (Å²) in [6.45, 7) is 8.08. The molecule has 0 atom stereocenters. The zero-order valence-electron chi connectivity index (χ0n) is 18.3. The molecular formula is C25H33ClN2O2. The Morgan fingerprint density at radius 2 is 1.73 bits per heavy atom. The standard InChI is InChI=1S/C25H33ClN2O2/c1-19(2)30-24-10-6-22(7-11-24)25(29)27(3)18-21-13-16-28(17-14-21)15-12-20-4-8-23(26)9-5-20/h4-11,19,21H,12-18H2,1-3H3. The molecule has 0 spiro atoms. The van der Waals surface area contributed by atoms with Crippen LogP contribution in [0, 0.1) is 5.92 Å². The van der Waals surface area contributed by atoms with Crippen LogP contribution in [0.3, 0.4) is 0 Å². The lowest BCUT2D eigenvalue weighted by Gasteiger charge is -2.34. The Morgan fingerprint density at radius 3 is 2.33 bits per heavy atom. The van der Waals surface area contributed by atoms with Crippen LogP contribution in [0.2, 0.25) is 5.02 Å². The average molecular weight is 429 g/mol. The van der Waals surface area contributed by atoms with Crippen LogP contribution in [0.5, 0.6) is 5.75 Å². The van der Waals surface area contributed by atoms with Gasteiger partial charge in [0.2, 0.25) is 0 Å². The molecular weight excluding hydrogens is 396 g/mol. The minimum atomic E-state index is 0.0799. The smallest absolute Gasteiger partial charge is 0.253 e. The summed E-state index contributed by atoms with van der Waals surface area (Å²) in [5.74, 6) is 1.45. The molecule has 1 fully saturated rings. The van der Waals surface area contributed by atoms with Crippen LogP contribution in [0.25, 0.3) is 0 Å². The third-order valence-corrected chi connectivity index (χ3v) is 5.94. The topological polar surface area (TPSA) is 32.8 Å². The molecule has 5 heteroatoms. The molecule has 162 valence electrons. The summed E-state index contributed by atoms with van der Waals surface area (Å²) in [5, 5.41) is 0.790. The molecule has 30 heavy (non-hydrogen) atoms. The third-order valence-electron chi connectivity index (χ3n) is 5.69. The number of piperidine rings is 1. The van der Waals surface area contributed by atoms with Gasteiger partial charge in [-0.2, -0.15) is 0 Å². The van der Waals surface area contributed by atoms with Gasteiger partial charge in [-0.25, -0.2) is 0 Å². The Kier molecular flexibility index (Phi) is 8.17. The van der Waals surface area contributed by atoms with E-state index in [9.17, 15) is 4.79 Å². The summed E-state index contributed by atoms with van der Waals surface area (Å²) in [6.07, 6.45) is 3.46. The van der Waals surface area contributed by atoms with E-state index in [2.05, 4.69) is 17.0 Å². The number of carbonyl (C=O) groups excluding carboxylic acids is 1. The molecule has 3 rings (SSSR count). The number of hydrogen-bond acceptors (Lipinski definition) is 3. The van der Waals surface area contributed by atoms with Gasteiger partial charge in [0.25, 0.3) is 5.91 Å². The van der Waals surface area contributed by atoms with E-state index in [-0.39, 0.29) is 12.0 Å².